The minimum Gasteiger partial charge on any atom is -0.428 e. The maximum absolute atomic E-state index is 12.2. The Morgan fingerprint density at radius 2 is 1.72 bits per heavy atom. The Morgan fingerprint density at radius 3 is 2.28 bits per heavy atom. The van der Waals surface area contributed by atoms with Crippen molar-refractivity contribution in [3.05, 3.63) is 63.7 Å². The van der Waals surface area contributed by atoms with Crippen LogP contribution in [0.1, 0.15) is 31.9 Å². The zero-order valence-electron chi connectivity index (χ0n) is 16.4. The Labute approximate surface area is 168 Å². The summed E-state index contributed by atoms with van der Waals surface area (Å²) in [6.07, 6.45) is -1.09. The number of nitro groups is 1. The van der Waals surface area contributed by atoms with Crippen molar-refractivity contribution >= 4 is 22.0 Å². The number of carbonyl (C=O) groups excluding carboxylic acids is 1. The largest absolute Gasteiger partial charge is 0.514 e. The molecule has 0 aromatic heterocycles. The van der Waals surface area contributed by atoms with Crippen LogP contribution in [0.15, 0.2) is 47.4 Å². The minimum atomic E-state index is -4.03. The average molecular weight is 423 g/mol. The molecule has 0 amide bonds. The summed E-state index contributed by atoms with van der Waals surface area (Å²) in [7, 11) is -4.03. The van der Waals surface area contributed by atoms with Gasteiger partial charge in [-0.3, -0.25) is 14.3 Å². The number of carbonyl (C=O) groups is 1. The van der Waals surface area contributed by atoms with Crippen LogP contribution >= 0.6 is 0 Å². The predicted molar refractivity (Wildman–Crippen MR) is 103 cm³/mol. The van der Waals surface area contributed by atoms with Gasteiger partial charge >= 0.3 is 11.8 Å². The standard InChI is InChI=1S/C19H21NO8S/c1-13-5-8-15(9-6-13)29(24,25)26-12-14-7-10-17(16(11-14)20(22)23)27-18(21)28-19(2,3)4/h5-11H,12H2,1-4H3. The third-order valence-corrected chi connectivity index (χ3v) is 4.77. The van der Waals surface area contributed by atoms with Gasteiger partial charge in [0.2, 0.25) is 5.75 Å². The first kappa shape index (κ1) is 22.3. The Bertz CT molecular complexity index is 1010. The van der Waals surface area contributed by atoms with E-state index < -0.39 is 39.1 Å². The smallest absolute Gasteiger partial charge is 0.428 e. The van der Waals surface area contributed by atoms with Gasteiger partial charge in [-0.05, 0) is 51.5 Å². The molecule has 0 spiro atoms. The van der Waals surface area contributed by atoms with Gasteiger partial charge in [0.1, 0.15) is 5.60 Å². The lowest BCUT2D eigenvalue weighted by Gasteiger charge is -2.18. The summed E-state index contributed by atoms with van der Waals surface area (Å²) in [5.41, 5.74) is -0.252. The normalized spacial score (nSPS) is 11.7. The highest BCUT2D eigenvalue weighted by molar-refractivity contribution is 7.86. The number of rotatable bonds is 6. The molecule has 0 atom stereocenters. The van der Waals surface area contributed by atoms with Crippen LogP contribution in [-0.2, 0) is 25.6 Å². The van der Waals surface area contributed by atoms with E-state index in [9.17, 15) is 23.3 Å². The number of nitrogens with zero attached hydrogens (tertiary/aromatic N) is 1. The third-order valence-electron chi connectivity index (χ3n) is 3.49. The van der Waals surface area contributed by atoms with E-state index in [0.717, 1.165) is 11.6 Å². The van der Waals surface area contributed by atoms with Crippen molar-refractivity contribution < 1.29 is 31.8 Å². The summed E-state index contributed by atoms with van der Waals surface area (Å²) in [5, 5.41) is 11.3. The fourth-order valence-corrected chi connectivity index (χ4v) is 3.06. The molecule has 0 saturated carbocycles. The molecule has 156 valence electrons. The number of hydrogen-bond donors (Lipinski definition) is 0. The number of benzene rings is 2. The SMILES string of the molecule is Cc1ccc(S(=O)(=O)OCc2ccc(OC(=O)OC(C)(C)C)c([N+](=O)[O-])c2)cc1. The Morgan fingerprint density at radius 1 is 1.10 bits per heavy atom. The molecule has 0 fully saturated rings. The van der Waals surface area contributed by atoms with Crippen molar-refractivity contribution in [3.8, 4) is 5.75 Å². The first-order chi connectivity index (χ1) is 13.4. The molecule has 0 aliphatic rings. The highest BCUT2D eigenvalue weighted by atomic mass is 32.2. The first-order valence-electron chi connectivity index (χ1n) is 8.52. The fourth-order valence-electron chi connectivity index (χ4n) is 2.16. The lowest BCUT2D eigenvalue weighted by Crippen LogP contribution is -2.26. The second-order valence-electron chi connectivity index (χ2n) is 7.16. The van der Waals surface area contributed by atoms with Gasteiger partial charge in [-0.2, -0.15) is 8.42 Å². The van der Waals surface area contributed by atoms with Crippen molar-refractivity contribution in [2.24, 2.45) is 0 Å². The molecule has 0 bridgehead atoms. The molecule has 0 N–H and O–H groups in total. The molecule has 0 aliphatic carbocycles. The molecule has 0 heterocycles. The Balaban J connectivity index is 2.16. The monoisotopic (exact) mass is 423 g/mol. The van der Waals surface area contributed by atoms with Crippen molar-refractivity contribution in [2.75, 3.05) is 0 Å². The topological polar surface area (TPSA) is 122 Å². The van der Waals surface area contributed by atoms with Crippen LogP contribution in [-0.4, -0.2) is 25.1 Å². The van der Waals surface area contributed by atoms with E-state index in [1.807, 2.05) is 6.92 Å². The Hall–Kier alpha value is -2.98. The van der Waals surface area contributed by atoms with Gasteiger partial charge in [0.05, 0.1) is 16.4 Å². The highest BCUT2D eigenvalue weighted by Gasteiger charge is 2.24. The second-order valence-corrected chi connectivity index (χ2v) is 8.77. The molecular weight excluding hydrogens is 402 g/mol. The van der Waals surface area contributed by atoms with E-state index in [1.165, 1.54) is 24.3 Å². The lowest BCUT2D eigenvalue weighted by atomic mass is 10.2. The number of hydrogen-bond acceptors (Lipinski definition) is 8. The maximum atomic E-state index is 12.2. The third kappa shape index (κ3) is 6.54. The van der Waals surface area contributed by atoms with Crippen LogP contribution in [0.4, 0.5) is 10.5 Å². The molecule has 0 radical (unpaired) electrons. The lowest BCUT2D eigenvalue weighted by molar-refractivity contribution is -0.385. The molecule has 9 nitrogen and oxygen atoms in total. The van der Waals surface area contributed by atoms with Crippen molar-refractivity contribution in [2.45, 2.75) is 44.8 Å². The number of nitro benzene ring substituents is 1. The highest BCUT2D eigenvalue weighted by Crippen LogP contribution is 2.29. The van der Waals surface area contributed by atoms with Gasteiger partial charge in [-0.15, -0.1) is 0 Å². The van der Waals surface area contributed by atoms with Gasteiger partial charge in [0.25, 0.3) is 10.1 Å². The molecule has 2 rings (SSSR count). The average Bonchev–Trinajstić information content (AvgIpc) is 2.59. The zero-order chi connectivity index (χ0) is 21.8. The van der Waals surface area contributed by atoms with Crippen LogP contribution in [0.2, 0.25) is 0 Å². The van der Waals surface area contributed by atoms with Crippen molar-refractivity contribution in [1.29, 1.82) is 0 Å². The van der Waals surface area contributed by atoms with Gasteiger partial charge in [0, 0.05) is 6.07 Å². The fraction of sp³-hybridized carbons (Fsp3) is 0.316. The van der Waals surface area contributed by atoms with Gasteiger partial charge in [0.15, 0.2) is 0 Å². The quantitative estimate of drug-likeness (QED) is 0.223. The molecule has 0 unspecified atom stereocenters. The molecule has 2 aromatic rings. The van der Waals surface area contributed by atoms with Crippen molar-refractivity contribution in [1.82, 2.24) is 0 Å². The summed E-state index contributed by atoms with van der Waals surface area (Å²) in [6, 6.07) is 9.69. The minimum absolute atomic E-state index is 0.0255. The Kier molecular flexibility index (Phi) is 6.60. The van der Waals surface area contributed by atoms with E-state index in [2.05, 4.69) is 0 Å². The summed E-state index contributed by atoms with van der Waals surface area (Å²) in [6.45, 7) is 6.26. The van der Waals surface area contributed by atoms with E-state index in [1.54, 1.807) is 32.9 Å². The maximum Gasteiger partial charge on any atom is 0.514 e. The molecule has 2 aromatic carbocycles. The van der Waals surface area contributed by atoms with Gasteiger partial charge in [-0.25, -0.2) is 4.79 Å². The zero-order valence-corrected chi connectivity index (χ0v) is 17.2. The number of aryl methyl sites for hydroxylation is 1. The van der Waals surface area contributed by atoms with E-state index in [-0.39, 0.29) is 16.2 Å². The van der Waals surface area contributed by atoms with Gasteiger partial charge in [-0.1, -0.05) is 23.8 Å². The summed E-state index contributed by atoms with van der Waals surface area (Å²) in [5.74, 6) is -0.325. The van der Waals surface area contributed by atoms with E-state index >= 15 is 0 Å². The molecule has 29 heavy (non-hydrogen) atoms. The number of ether oxygens (including phenoxy) is 2. The first-order valence-corrected chi connectivity index (χ1v) is 9.92. The molecule has 10 heteroatoms. The van der Waals surface area contributed by atoms with Crippen LogP contribution < -0.4 is 4.74 Å². The molecular formula is C19H21NO8S. The second kappa shape index (κ2) is 8.58. The van der Waals surface area contributed by atoms with Crippen LogP contribution in [0.25, 0.3) is 0 Å². The molecule has 0 saturated heterocycles. The summed E-state index contributed by atoms with van der Waals surface area (Å²) < 4.78 is 39.3. The van der Waals surface area contributed by atoms with Crippen LogP contribution in [0, 0.1) is 17.0 Å². The van der Waals surface area contributed by atoms with E-state index in [0.29, 0.717) is 0 Å². The predicted octanol–water partition coefficient (Wildman–Crippen LogP) is 4.12. The summed E-state index contributed by atoms with van der Waals surface area (Å²) in [4.78, 5) is 22.3. The van der Waals surface area contributed by atoms with Crippen molar-refractivity contribution in [3.63, 3.8) is 0 Å². The van der Waals surface area contributed by atoms with E-state index in [4.69, 9.17) is 13.7 Å². The summed E-state index contributed by atoms with van der Waals surface area (Å²) >= 11 is 0. The van der Waals surface area contributed by atoms with Crippen LogP contribution in [0.5, 0.6) is 5.75 Å². The molecule has 0 aliphatic heterocycles. The van der Waals surface area contributed by atoms with Crippen LogP contribution in [0.3, 0.4) is 0 Å². The van der Waals surface area contributed by atoms with Gasteiger partial charge < -0.3 is 9.47 Å².